The normalized spacial score (nSPS) is 12.5. The van der Waals surface area contributed by atoms with Gasteiger partial charge >= 0.3 is 0 Å². The van der Waals surface area contributed by atoms with E-state index in [1.807, 2.05) is 0 Å². The highest BCUT2D eigenvalue weighted by molar-refractivity contribution is 5.51. The number of aromatic hydroxyl groups is 1. The molecule has 27 heavy (non-hydrogen) atoms. The van der Waals surface area contributed by atoms with Crippen molar-refractivity contribution >= 4 is 0 Å². The number of hydrogen-bond acceptors (Lipinski definition) is 1. The van der Waals surface area contributed by atoms with Crippen molar-refractivity contribution in [2.45, 2.75) is 92.4 Å². The summed E-state index contributed by atoms with van der Waals surface area (Å²) in [5.74, 6) is 0.471. The molecule has 1 heteroatoms. The summed E-state index contributed by atoms with van der Waals surface area (Å²) in [4.78, 5) is 0. The number of hydrogen-bond donors (Lipinski definition) is 1. The van der Waals surface area contributed by atoms with Crippen LogP contribution in [0.4, 0.5) is 0 Å². The SMILES string of the molecule is CCc1cc(Cc2cc(CC)cc(C(C)(C)C)c2O)c(C)c(C(C)(C)C)c1. The van der Waals surface area contributed by atoms with Crippen LogP contribution < -0.4 is 0 Å². The van der Waals surface area contributed by atoms with E-state index < -0.39 is 0 Å². The minimum absolute atomic E-state index is 0.0686. The van der Waals surface area contributed by atoms with Crippen molar-refractivity contribution in [3.8, 4) is 5.75 Å². The quantitative estimate of drug-likeness (QED) is 0.617. The first-order valence-electron chi connectivity index (χ1n) is 10.4. The predicted molar refractivity (Wildman–Crippen MR) is 118 cm³/mol. The molecule has 0 spiro atoms. The molecule has 0 aromatic heterocycles. The molecule has 0 fully saturated rings. The van der Waals surface area contributed by atoms with Crippen LogP contribution in [0.2, 0.25) is 0 Å². The lowest BCUT2D eigenvalue weighted by molar-refractivity contribution is 0.441. The minimum Gasteiger partial charge on any atom is -0.507 e. The van der Waals surface area contributed by atoms with Gasteiger partial charge in [-0.2, -0.15) is 0 Å². The van der Waals surface area contributed by atoms with Crippen LogP contribution in [0.5, 0.6) is 5.75 Å². The lowest BCUT2D eigenvalue weighted by atomic mass is 9.79. The van der Waals surface area contributed by atoms with Crippen LogP contribution in [0.1, 0.15) is 94.3 Å². The Balaban J connectivity index is 2.64. The van der Waals surface area contributed by atoms with E-state index in [9.17, 15) is 5.11 Å². The molecular formula is C26H38O. The van der Waals surface area contributed by atoms with Gasteiger partial charge in [0.1, 0.15) is 5.75 Å². The molecule has 0 amide bonds. The molecule has 1 N–H and O–H groups in total. The maximum Gasteiger partial charge on any atom is 0.122 e. The van der Waals surface area contributed by atoms with Crippen molar-refractivity contribution in [1.29, 1.82) is 0 Å². The van der Waals surface area contributed by atoms with Crippen LogP contribution in [0.3, 0.4) is 0 Å². The van der Waals surface area contributed by atoms with Crippen molar-refractivity contribution in [3.63, 3.8) is 0 Å². The summed E-state index contributed by atoms with van der Waals surface area (Å²) in [6, 6.07) is 9.06. The van der Waals surface area contributed by atoms with Crippen LogP contribution in [-0.2, 0) is 30.1 Å². The van der Waals surface area contributed by atoms with Gasteiger partial charge in [-0.15, -0.1) is 0 Å². The molecule has 0 aliphatic rings. The molecule has 2 aromatic carbocycles. The molecular weight excluding hydrogens is 328 g/mol. The highest BCUT2D eigenvalue weighted by atomic mass is 16.3. The van der Waals surface area contributed by atoms with Crippen LogP contribution in [0, 0.1) is 6.92 Å². The summed E-state index contributed by atoms with van der Waals surface area (Å²) in [6.45, 7) is 20.0. The molecule has 0 aliphatic carbocycles. The van der Waals surface area contributed by atoms with Gasteiger partial charge in [0.25, 0.3) is 0 Å². The van der Waals surface area contributed by atoms with Gasteiger partial charge < -0.3 is 5.11 Å². The molecule has 0 saturated heterocycles. The summed E-state index contributed by atoms with van der Waals surface area (Å²) in [5, 5.41) is 11.1. The van der Waals surface area contributed by atoms with E-state index in [0.717, 1.165) is 30.4 Å². The minimum atomic E-state index is -0.0686. The van der Waals surface area contributed by atoms with E-state index in [2.05, 4.69) is 86.6 Å². The van der Waals surface area contributed by atoms with Crippen LogP contribution in [0.15, 0.2) is 24.3 Å². The van der Waals surface area contributed by atoms with E-state index in [-0.39, 0.29) is 10.8 Å². The second-order valence-electron chi connectivity index (χ2n) is 9.96. The number of rotatable bonds is 4. The third-order valence-electron chi connectivity index (χ3n) is 5.64. The number of phenolic OH excluding ortho intramolecular Hbond substituents is 1. The molecule has 0 aliphatic heterocycles. The first-order valence-corrected chi connectivity index (χ1v) is 10.4. The second-order valence-corrected chi connectivity index (χ2v) is 9.96. The monoisotopic (exact) mass is 366 g/mol. The molecule has 2 aromatic rings. The lowest BCUT2D eigenvalue weighted by Gasteiger charge is -2.26. The van der Waals surface area contributed by atoms with Crippen molar-refractivity contribution in [2.75, 3.05) is 0 Å². The molecule has 0 heterocycles. The Bertz CT molecular complexity index is 744. The Kier molecular flexibility index (Phi) is 6.14. The highest BCUT2D eigenvalue weighted by Crippen LogP contribution is 2.37. The summed E-state index contributed by atoms with van der Waals surface area (Å²) in [6.07, 6.45) is 2.80. The third-order valence-corrected chi connectivity index (χ3v) is 5.64. The van der Waals surface area contributed by atoms with Crippen molar-refractivity contribution in [2.24, 2.45) is 0 Å². The Hall–Kier alpha value is -1.76. The van der Waals surface area contributed by atoms with Crippen LogP contribution in [0.25, 0.3) is 0 Å². The van der Waals surface area contributed by atoms with Crippen molar-refractivity contribution < 1.29 is 5.11 Å². The lowest BCUT2D eigenvalue weighted by Crippen LogP contribution is -2.16. The summed E-state index contributed by atoms with van der Waals surface area (Å²) in [7, 11) is 0. The molecule has 1 nitrogen and oxygen atoms in total. The first-order chi connectivity index (χ1) is 12.4. The summed E-state index contributed by atoms with van der Waals surface area (Å²) in [5.41, 5.74) is 8.94. The van der Waals surface area contributed by atoms with Crippen LogP contribution >= 0.6 is 0 Å². The maximum absolute atomic E-state index is 11.1. The van der Waals surface area contributed by atoms with Gasteiger partial charge in [0.2, 0.25) is 0 Å². The van der Waals surface area contributed by atoms with Gasteiger partial charge in [-0.25, -0.2) is 0 Å². The van der Waals surface area contributed by atoms with Gasteiger partial charge in [-0.3, -0.25) is 0 Å². The van der Waals surface area contributed by atoms with E-state index in [1.54, 1.807) is 0 Å². The van der Waals surface area contributed by atoms with Crippen LogP contribution in [-0.4, -0.2) is 5.11 Å². The average molecular weight is 367 g/mol. The second kappa shape index (κ2) is 7.70. The van der Waals surface area contributed by atoms with E-state index in [4.69, 9.17) is 0 Å². The van der Waals surface area contributed by atoms with E-state index in [1.165, 1.54) is 27.8 Å². The van der Waals surface area contributed by atoms with Gasteiger partial charge in [0, 0.05) is 6.42 Å². The Labute approximate surface area is 166 Å². The highest BCUT2D eigenvalue weighted by Gasteiger charge is 2.23. The number of aryl methyl sites for hydroxylation is 2. The zero-order valence-electron chi connectivity index (χ0n) is 18.9. The van der Waals surface area contributed by atoms with Gasteiger partial charge in [-0.05, 0) is 69.5 Å². The van der Waals surface area contributed by atoms with Gasteiger partial charge in [-0.1, -0.05) is 79.7 Å². The molecule has 0 radical (unpaired) electrons. The fourth-order valence-electron chi connectivity index (χ4n) is 3.88. The molecule has 148 valence electrons. The largest absolute Gasteiger partial charge is 0.507 e. The molecule has 0 atom stereocenters. The molecule has 0 unspecified atom stereocenters. The van der Waals surface area contributed by atoms with E-state index in [0.29, 0.717) is 5.75 Å². The average Bonchev–Trinajstić information content (AvgIpc) is 2.56. The predicted octanol–water partition coefficient (Wildman–Crippen LogP) is 7.01. The number of benzene rings is 2. The smallest absolute Gasteiger partial charge is 0.122 e. The standard InChI is InChI=1S/C26H38O/c1-10-18-12-20(17(3)22(14-18)25(4,5)6)16-21-13-19(11-2)15-23(24(21)27)26(7,8)9/h12-15,27H,10-11,16H2,1-9H3. The first kappa shape index (κ1) is 21.5. The zero-order chi connectivity index (χ0) is 20.6. The third kappa shape index (κ3) is 4.75. The van der Waals surface area contributed by atoms with Crippen molar-refractivity contribution in [1.82, 2.24) is 0 Å². The Morgan fingerprint density at radius 1 is 0.704 bits per heavy atom. The molecule has 2 rings (SSSR count). The zero-order valence-corrected chi connectivity index (χ0v) is 18.9. The van der Waals surface area contributed by atoms with Gasteiger partial charge in [0.15, 0.2) is 0 Å². The topological polar surface area (TPSA) is 20.2 Å². The number of phenols is 1. The fourth-order valence-corrected chi connectivity index (χ4v) is 3.88. The van der Waals surface area contributed by atoms with Crippen molar-refractivity contribution in [3.05, 3.63) is 63.2 Å². The van der Waals surface area contributed by atoms with E-state index >= 15 is 0 Å². The summed E-state index contributed by atoms with van der Waals surface area (Å²) >= 11 is 0. The fraction of sp³-hybridized carbons (Fsp3) is 0.538. The Morgan fingerprint density at radius 3 is 1.59 bits per heavy atom. The maximum atomic E-state index is 11.1. The molecule has 0 bridgehead atoms. The Morgan fingerprint density at radius 2 is 1.15 bits per heavy atom. The molecule has 0 saturated carbocycles. The summed E-state index contributed by atoms with van der Waals surface area (Å²) < 4.78 is 0. The van der Waals surface area contributed by atoms with Gasteiger partial charge in [0.05, 0.1) is 0 Å².